The van der Waals surface area contributed by atoms with Gasteiger partial charge in [0, 0.05) is 36.2 Å². The van der Waals surface area contributed by atoms with E-state index in [1.165, 1.54) is 35.6 Å². The molecule has 8 nitrogen and oxygen atoms in total. The van der Waals surface area contributed by atoms with Crippen molar-refractivity contribution < 1.29 is 19.2 Å². The van der Waals surface area contributed by atoms with E-state index in [1.54, 1.807) is 19.1 Å². The molecular weight excluding hydrogens is 406 g/mol. The Bertz CT molecular complexity index is 999. The largest absolute Gasteiger partial charge is 0.462 e. The summed E-state index contributed by atoms with van der Waals surface area (Å²) < 4.78 is 5.21. The van der Waals surface area contributed by atoms with Crippen LogP contribution in [-0.4, -0.2) is 41.4 Å². The fraction of sp³-hybridized carbons (Fsp3) is 0.333. The number of amides is 1. The van der Waals surface area contributed by atoms with Crippen LogP contribution in [-0.2, 0) is 22.5 Å². The highest BCUT2D eigenvalue weighted by atomic mass is 32.1. The van der Waals surface area contributed by atoms with Gasteiger partial charge < -0.3 is 10.1 Å². The molecule has 158 valence electrons. The van der Waals surface area contributed by atoms with Crippen molar-refractivity contribution in [3.8, 4) is 0 Å². The Morgan fingerprint density at radius 1 is 1.37 bits per heavy atom. The lowest BCUT2D eigenvalue weighted by Gasteiger charge is -2.25. The highest BCUT2D eigenvalue weighted by Crippen LogP contribution is 2.37. The van der Waals surface area contributed by atoms with Crippen LogP contribution in [0, 0.1) is 10.1 Å². The number of non-ortho nitro benzene ring substituents is 1. The molecule has 0 atom stereocenters. The minimum Gasteiger partial charge on any atom is -0.462 e. The van der Waals surface area contributed by atoms with E-state index in [2.05, 4.69) is 17.1 Å². The molecule has 0 saturated carbocycles. The summed E-state index contributed by atoms with van der Waals surface area (Å²) >= 11 is 1.39. The zero-order chi connectivity index (χ0) is 21.7. The van der Waals surface area contributed by atoms with Crippen molar-refractivity contribution in [1.29, 1.82) is 0 Å². The summed E-state index contributed by atoms with van der Waals surface area (Å²) in [7, 11) is 0. The van der Waals surface area contributed by atoms with Crippen LogP contribution in [0.1, 0.15) is 40.2 Å². The number of hydrogen-bond acceptors (Lipinski definition) is 7. The van der Waals surface area contributed by atoms with Gasteiger partial charge in [0.05, 0.1) is 17.1 Å². The number of anilines is 1. The van der Waals surface area contributed by atoms with Gasteiger partial charge in [0.15, 0.2) is 0 Å². The molecule has 1 N–H and O–H groups in total. The summed E-state index contributed by atoms with van der Waals surface area (Å²) in [6.45, 7) is 6.60. The average molecular weight is 429 g/mol. The third-order valence-electron chi connectivity index (χ3n) is 4.81. The molecule has 0 spiro atoms. The number of rotatable bonds is 7. The SMILES string of the molecule is CCOC(=O)c1c(NC(=O)/C=C\c2cccc([N+](=O)[O-])c2)sc2c1CCN(CC)C2. The van der Waals surface area contributed by atoms with Crippen molar-refractivity contribution in [2.75, 3.05) is 25.0 Å². The lowest BCUT2D eigenvalue weighted by molar-refractivity contribution is -0.384. The number of nitrogens with zero attached hydrogens (tertiary/aromatic N) is 2. The molecule has 0 fully saturated rings. The van der Waals surface area contributed by atoms with Gasteiger partial charge in [0.1, 0.15) is 5.00 Å². The summed E-state index contributed by atoms with van der Waals surface area (Å²) in [5.41, 5.74) is 1.87. The number of thiophene rings is 1. The first-order valence-electron chi connectivity index (χ1n) is 9.70. The Hall–Kier alpha value is -3.04. The molecule has 2 aromatic rings. The number of hydrogen-bond donors (Lipinski definition) is 1. The van der Waals surface area contributed by atoms with Crippen LogP contribution in [0.5, 0.6) is 0 Å². The first-order chi connectivity index (χ1) is 14.4. The topological polar surface area (TPSA) is 102 Å². The lowest BCUT2D eigenvalue weighted by Crippen LogP contribution is -2.30. The number of carbonyl (C=O) groups is 2. The van der Waals surface area contributed by atoms with Crippen LogP contribution in [0.2, 0.25) is 0 Å². The van der Waals surface area contributed by atoms with Crippen LogP contribution < -0.4 is 5.32 Å². The maximum atomic E-state index is 12.5. The molecule has 0 bridgehead atoms. The molecule has 1 aromatic heterocycles. The second kappa shape index (κ2) is 9.64. The minimum absolute atomic E-state index is 0.0476. The number of benzene rings is 1. The van der Waals surface area contributed by atoms with E-state index in [-0.39, 0.29) is 12.3 Å². The molecule has 9 heteroatoms. The first-order valence-corrected chi connectivity index (χ1v) is 10.5. The van der Waals surface area contributed by atoms with Gasteiger partial charge in [-0.1, -0.05) is 19.1 Å². The number of nitro benzene ring substituents is 1. The molecule has 0 aliphatic carbocycles. The fourth-order valence-corrected chi connectivity index (χ4v) is 4.58. The normalized spacial score (nSPS) is 13.8. The van der Waals surface area contributed by atoms with Crippen molar-refractivity contribution in [1.82, 2.24) is 4.90 Å². The van der Waals surface area contributed by atoms with Gasteiger partial charge in [0.2, 0.25) is 5.91 Å². The number of fused-ring (bicyclic) bond motifs is 1. The van der Waals surface area contributed by atoms with Gasteiger partial charge >= 0.3 is 5.97 Å². The molecular formula is C21H23N3O5S. The van der Waals surface area contributed by atoms with Crippen molar-refractivity contribution in [2.45, 2.75) is 26.8 Å². The number of likely N-dealkylation sites (N-methyl/N-ethyl adjacent to an activating group) is 1. The zero-order valence-corrected chi connectivity index (χ0v) is 17.7. The first kappa shape index (κ1) is 21.7. The smallest absolute Gasteiger partial charge is 0.341 e. The van der Waals surface area contributed by atoms with E-state index in [1.807, 2.05) is 0 Å². The van der Waals surface area contributed by atoms with Gasteiger partial charge in [-0.3, -0.25) is 19.8 Å². The van der Waals surface area contributed by atoms with Gasteiger partial charge in [-0.05, 0) is 37.1 Å². The molecule has 3 rings (SSSR count). The van der Waals surface area contributed by atoms with Crippen LogP contribution in [0.4, 0.5) is 10.7 Å². The Labute approximate surface area is 178 Å². The van der Waals surface area contributed by atoms with Crippen molar-refractivity contribution in [2.24, 2.45) is 0 Å². The number of carbonyl (C=O) groups excluding carboxylic acids is 2. The third kappa shape index (κ3) is 4.92. The Kier molecular flexibility index (Phi) is 6.96. The molecule has 0 unspecified atom stereocenters. The van der Waals surface area contributed by atoms with Gasteiger partial charge in [-0.25, -0.2) is 4.79 Å². The fourth-order valence-electron chi connectivity index (χ4n) is 3.30. The monoisotopic (exact) mass is 429 g/mol. The zero-order valence-electron chi connectivity index (χ0n) is 16.8. The maximum Gasteiger partial charge on any atom is 0.341 e. The van der Waals surface area contributed by atoms with Crippen LogP contribution in [0.3, 0.4) is 0 Å². The van der Waals surface area contributed by atoms with E-state index in [4.69, 9.17) is 4.74 Å². The van der Waals surface area contributed by atoms with Crippen molar-refractivity contribution in [3.63, 3.8) is 0 Å². The summed E-state index contributed by atoms with van der Waals surface area (Å²) in [5, 5.41) is 14.1. The Morgan fingerprint density at radius 2 is 2.17 bits per heavy atom. The Morgan fingerprint density at radius 3 is 2.87 bits per heavy atom. The summed E-state index contributed by atoms with van der Waals surface area (Å²) in [4.78, 5) is 38.8. The van der Waals surface area contributed by atoms with E-state index in [9.17, 15) is 19.7 Å². The van der Waals surface area contributed by atoms with Crippen LogP contribution in [0.15, 0.2) is 30.3 Å². The lowest BCUT2D eigenvalue weighted by atomic mass is 10.0. The predicted octanol–water partition coefficient (Wildman–Crippen LogP) is 3.86. The minimum atomic E-state index is -0.487. The molecule has 0 radical (unpaired) electrons. The molecule has 2 heterocycles. The maximum absolute atomic E-state index is 12.5. The molecule has 1 aromatic carbocycles. The quantitative estimate of drug-likeness (QED) is 0.310. The third-order valence-corrected chi connectivity index (χ3v) is 5.94. The number of esters is 1. The summed E-state index contributed by atoms with van der Waals surface area (Å²) in [6, 6.07) is 6.00. The summed E-state index contributed by atoms with van der Waals surface area (Å²) in [5.74, 6) is -0.851. The van der Waals surface area contributed by atoms with Gasteiger partial charge in [-0.2, -0.15) is 0 Å². The Balaban J connectivity index is 1.82. The number of ether oxygens (including phenoxy) is 1. The van der Waals surface area contributed by atoms with Gasteiger partial charge in [-0.15, -0.1) is 11.3 Å². The molecule has 1 amide bonds. The van der Waals surface area contributed by atoms with Crippen LogP contribution in [0.25, 0.3) is 6.08 Å². The molecule has 1 aliphatic rings. The molecule has 0 saturated heterocycles. The molecule has 30 heavy (non-hydrogen) atoms. The number of nitro groups is 1. The van der Waals surface area contributed by atoms with E-state index < -0.39 is 16.8 Å². The van der Waals surface area contributed by atoms with E-state index >= 15 is 0 Å². The predicted molar refractivity (Wildman–Crippen MR) is 116 cm³/mol. The average Bonchev–Trinajstić information content (AvgIpc) is 3.09. The molecule has 1 aliphatic heterocycles. The number of nitrogens with one attached hydrogen (secondary N) is 1. The van der Waals surface area contributed by atoms with E-state index in [0.717, 1.165) is 36.5 Å². The second-order valence-electron chi connectivity index (χ2n) is 6.72. The highest BCUT2D eigenvalue weighted by Gasteiger charge is 2.28. The van der Waals surface area contributed by atoms with E-state index in [0.29, 0.717) is 16.1 Å². The van der Waals surface area contributed by atoms with Crippen LogP contribution >= 0.6 is 11.3 Å². The second-order valence-corrected chi connectivity index (χ2v) is 7.83. The highest BCUT2D eigenvalue weighted by molar-refractivity contribution is 7.17. The summed E-state index contributed by atoms with van der Waals surface area (Å²) in [6.07, 6.45) is 3.52. The van der Waals surface area contributed by atoms with Gasteiger partial charge in [0.25, 0.3) is 5.69 Å². The van der Waals surface area contributed by atoms with Crippen molar-refractivity contribution in [3.05, 3.63) is 62.0 Å². The van der Waals surface area contributed by atoms with Crippen molar-refractivity contribution >= 4 is 40.0 Å². The standard InChI is InChI=1S/C21H23N3O5S/c1-3-23-11-10-16-17(13-23)30-20(19(16)21(26)29-4-2)22-18(25)9-8-14-6-5-7-15(12-14)24(27)28/h5-9,12H,3-4,10-11,13H2,1-2H3,(H,22,25)/b9-8-.